The van der Waals surface area contributed by atoms with Gasteiger partial charge in [-0.15, -0.1) is 11.3 Å². The van der Waals surface area contributed by atoms with E-state index in [2.05, 4.69) is 4.98 Å². The van der Waals surface area contributed by atoms with Crippen molar-refractivity contribution in [3.05, 3.63) is 29.3 Å². The van der Waals surface area contributed by atoms with Gasteiger partial charge in [-0.1, -0.05) is 31.4 Å². The second kappa shape index (κ2) is 13.1. The van der Waals surface area contributed by atoms with Gasteiger partial charge in [0.25, 0.3) is 0 Å². The third kappa shape index (κ3) is 6.46. The third-order valence-corrected chi connectivity index (χ3v) is 9.51. The average Bonchev–Trinajstić information content (AvgIpc) is 3.55. The second-order valence-electron chi connectivity index (χ2n) is 11.4. The number of para-hydroxylation sites is 1. The normalized spacial score (nSPS) is 21.2. The lowest BCUT2D eigenvalue weighted by molar-refractivity contribution is -0.131. The lowest BCUT2D eigenvalue weighted by Gasteiger charge is -2.40. The molecule has 0 bridgehead atoms. The summed E-state index contributed by atoms with van der Waals surface area (Å²) in [6.45, 7) is 3.98. The van der Waals surface area contributed by atoms with Crippen LogP contribution in [-0.4, -0.2) is 81.1 Å². The van der Waals surface area contributed by atoms with Crippen molar-refractivity contribution < 1.29 is 14.4 Å². The van der Waals surface area contributed by atoms with E-state index in [1.165, 1.54) is 17.8 Å². The summed E-state index contributed by atoms with van der Waals surface area (Å²) < 4.78 is 0.864. The molecule has 2 unspecified atom stereocenters. The van der Waals surface area contributed by atoms with E-state index >= 15 is 0 Å². The summed E-state index contributed by atoms with van der Waals surface area (Å²) in [5.41, 5.74) is 12.4. The van der Waals surface area contributed by atoms with Crippen LogP contribution in [0.2, 0.25) is 0 Å². The number of likely N-dealkylation sites (tertiary alicyclic amines) is 1. The standard InChI is InChI=1S/C29H43N7O3S/c1-18-15-16-22(20-10-5-4-6-11-20)35(18)29(39)36(27(38)19(2)30)23(13-9-17-34(3)28(31)32)25(37)26-33-21-12-7-8-14-24(21)40-26/h7-8,12,14,18-20,22-23H,4-6,9-11,13,15-17,30H2,1-3H3,(H3,31,32)/t18-,19+,22?,23?/m1/s1. The number of hydrogen-bond donors (Lipinski definition) is 3. The van der Waals surface area contributed by atoms with Gasteiger partial charge in [-0.2, -0.15) is 0 Å². The Bertz CT molecular complexity index is 1190. The Labute approximate surface area is 240 Å². The van der Waals surface area contributed by atoms with Crippen LogP contribution in [0, 0.1) is 11.3 Å². The number of guanidine groups is 1. The van der Waals surface area contributed by atoms with E-state index in [1.807, 2.05) is 36.1 Å². The number of carbonyl (C=O) groups is 3. The summed E-state index contributed by atoms with van der Waals surface area (Å²) in [4.78, 5) is 51.4. The predicted molar refractivity (Wildman–Crippen MR) is 158 cm³/mol. The molecule has 5 N–H and O–H groups in total. The molecule has 10 nitrogen and oxygen atoms in total. The quantitative estimate of drug-likeness (QED) is 0.233. The van der Waals surface area contributed by atoms with Crippen molar-refractivity contribution in [3.8, 4) is 0 Å². The van der Waals surface area contributed by atoms with E-state index in [0.717, 1.165) is 48.1 Å². The average molecular weight is 570 g/mol. The van der Waals surface area contributed by atoms with Gasteiger partial charge < -0.3 is 21.3 Å². The molecular weight excluding hydrogens is 526 g/mol. The summed E-state index contributed by atoms with van der Waals surface area (Å²) in [6.07, 6.45) is 8.11. The predicted octanol–water partition coefficient (Wildman–Crippen LogP) is 4.18. The summed E-state index contributed by atoms with van der Waals surface area (Å²) in [7, 11) is 1.70. The Kier molecular flexibility index (Phi) is 9.78. The largest absolute Gasteiger partial charge is 0.370 e. The van der Waals surface area contributed by atoms with Crippen LogP contribution in [0.3, 0.4) is 0 Å². The highest BCUT2D eigenvalue weighted by molar-refractivity contribution is 7.20. The first-order valence-corrected chi connectivity index (χ1v) is 15.3. The highest BCUT2D eigenvalue weighted by atomic mass is 32.1. The van der Waals surface area contributed by atoms with Gasteiger partial charge in [0.2, 0.25) is 11.7 Å². The smallest absolute Gasteiger partial charge is 0.327 e. The van der Waals surface area contributed by atoms with Gasteiger partial charge in [-0.3, -0.25) is 19.9 Å². The van der Waals surface area contributed by atoms with Crippen molar-refractivity contribution in [2.45, 2.75) is 95.8 Å². The Morgan fingerprint density at radius 2 is 1.85 bits per heavy atom. The fraction of sp³-hybridized carbons (Fsp3) is 0.621. The van der Waals surface area contributed by atoms with Crippen molar-refractivity contribution in [1.82, 2.24) is 19.7 Å². The number of Topliss-reactive ketones (excluding diaryl/α,β-unsaturated/α-hetero) is 1. The van der Waals surface area contributed by atoms with Crippen molar-refractivity contribution >= 4 is 45.2 Å². The van der Waals surface area contributed by atoms with Crippen LogP contribution in [0.5, 0.6) is 0 Å². The molecule has 0 spiro atoms. The first kappa shape index (κ1) is 29.9. The number of urea groups is 1. The molecule has 2 fully saturated rings. The number of thiazole rings is 1. The van der Waals surface area contributed by atoms with Crippen LogP contribution in [-0.2, 0) is 4.79 Å². The zero-order valence-electron chi connectivity index (χ0n) is 23.8. The second-order valence-corrected chi connectivity index (χ2v) is 12.4. The molecule has 1 saturated carbocycles. The zero-order valence-corrected chi connectivity index (χ0v) is 24.7. The molecule has 0 radical (unpaired) electrons. The van der Waals surface area contributed by atoms with Crippen LogP contribution < -0.4 is 11.5 Å². The van der Waals surface area contributed by atoms with Gasteiger partial charge in [0, 0.05) is 25.7 Å². The molecule has 2 aromatic rings. The number of imide groups is 1. The van der Waals surface area contributed by atoms with Crippen LogP contribution in [0.4, 0.5) is 4.79 Å². The molecule has 40 heavy (non-hydrogen) atoms. The topological polar surface area (TPSA) is 150 Å². The number of benzene rings is 1. The molecule has 1 saturated heterocycles. The lowest BCUT2D eigenvalue weighted by Crippen LogP contribution is -2.60. The van der Waals surface area contributed by atoms with Gasteiger partial charge in [0.05, 0.1) is 16.3 Å². The van der Waals surface area contributed by atoms with E-state index in [9.17, 15) is 14.4 Å². The fourth-order valence-electron chi connectivity index (χ4n) is 6.19. The monoisotopic (exact) mass is 569 g/mol. The number of aromatic nitrogens is 1. The number of rotatable bonds is 9. The van der Waals surface area contributed by atoms with Gasteiger partial charge in [0.1, 0.15) is 6.04 Å². The van der Waals surface area contributed by atoms with E-state index in [4.69, 9.17) is 16.9 Å². The lowest BCUT2D eigenvalue weighted by atomic mass is 9.83. The number of nitrogens with two attached hydrogens (primary N) is 2. The minimum Gasteiger partial charge on any atom is -0.370 e. The van der Waals surface area contributed by atoms with E-state index in [-0.39, 0.29) is 35.3 Å². The molecule has 1 aromatic carbocycles. The molecule has 1 aliphatic heterocycles. The van der Waals surface area contributed by atoms with Crippen molar-refractivity contribution in [2.75, 3.05) is 13.6 Å². The minimum absolute atomic E-state index is 0.0372. The number of nitrogens with one attached hydrogen (secondary N) is 1. The Balaban J connectivity index is 1.70. The van der Waals surface area contributed by atoms with Gasteiger partial charge >= 0.3 is 6.03 Å². The molecular formula is C29H43N7O3S. The highest BCUT2D eigenvalue weighted by Crippen LogP contribution is 2.38. The number of ketones is 1. The third-order valence-electron chi connectivity index (χ3n) is 8.46. The number of nitrogens with zero attached hydrogens (tertiary/aromatic N) is 4. The minimum atomic E-state index is -1.06. The summed E-state index contributed by atoms with van der Waals surface area (Å²) in [6, 6.07) is 5.06. The van der Waals surface area contributed by atoms with Crippen LogP contribution in [0.1, 0.15) is 81.4 Å². The molecule has 3 amide bonds. The Hall–Kier alpha value is -3.05. The maximum absolute atomic E-state index is 14.5. The van der Waals surface area contributed by atoms with Crippen molar-refractivity contribution in [1.29, 1.82) is 5.41 Å². The van der Waals surface area contributed by atoms with Gasteiger partial charge in [-0.25, -0.2) is 9.78 Å². The number of fused-ring (bicyclic) bond motifs is 1. The van der Waals surface area contributed by atoms with E-state index in [0.29, 0.717) is 24.4 Å². The Morgan fingerprint density at radius 1 is 1.15 bits per heavy atom. The molecule has 4 atom stereocenters. The van der Waals surface area contributed by atoms with Crippen LogP contribution >= 0.6 is 11.3 Å². The highest BCUT2D eigenvalue weighted by Gasteiger charge is 2.46. The van der Waals surface area contributed by atoms with E-state index in [1.54, 1.807) is 18.9 Å². The summed E-state index contributed by atoms with van der Waals surface area (Å²) in [5, 5.41) is 7.95. The van der Waals surface area contributed by atoms with Crippen molar-refractivity contribution in [2.24, 2.45) is 17.4 Å². The molecule has 218 valence electrons. The number of hydrogen-bond acceptors (Lipinski definition) is 7. The first-order valence-electron chi connectivity index (χ1n) is 14.5. The molecule has 2 aliphatic rings. The molecule has 1 aromatic heterocycles. The molecule has 2 heterocycles. The van der Waals surface area contributed by atoms with Crippen molar-refractivity contribution in [3.63, 3.8) is 0 Å². The molecule has 4 rings (SSSR count). The van der Waals surface area contributed by atoms with Gasteiger partial charge in [0.15, 0.2) is 11.0 Å². The SMILES string of the molecule is C[C@H](N)C(=O)N(C(=O)N1C(C2CCCCC2)CC[C@H]1C)C(CCCN(C)C(=N)N)C(=O)c1nc2ccccc2s1. The van der Waals surface area contributed by atoms with Crippen LogP contribution in [0.15, 0.2) is 24.3 Å². The molecule has 11 heteroatoms. The first-order chi connectivity index (χ1) is 19.1. The Morgan fingerprint density at radius 3 is 2.50 bits per heavy atom. The van der Waals surface area contributed by atoms with Gasteiger partial charge in [-0.05, 0) is 70.4 Å². The zero-order chi connectivity index (χ0) is 29.0. The molecule has 1 aliphatic carbocycles. The van der Waals surface area contributed by atoms with Crippen LogP contribution in [0.25, 0.3) is 10.2 Å². The maximum Gasteiger partial charge on any atom is 0.327 e. The summed E-state index contributed by atoms with van der Waals surface area (Å²) >= 11 is 1.26. The fourth-order valence-corrected chi connectivity index (χ4v) is 7.15. The van der Waals surface area contributed by atoms with E-state index < -0.39 is 24.0 Å². The number of amides is 3. The summed E-state index contributed by atoms with van der Waals surface area (Å²) in [5.74, 6) is -0.617. The number of carbonyl (C=O) groups excluding carboxylic acids is 3. The maximum atomic E-state index is 14.5.